The molecule has 0 radical (unpaired) electrons. The number of allylic oxidation sites excluding steroid dienone is 3. The van der Waals surface area contributed by atoms with Crippen molar-refractivity contribution in [3.8, 4) is 0 Å². The van der Waals surface area contributed by atoms with Crippen LogP contribution in [0.1, 0.15) is 99.2 Å². The van der Waals surface area contributed by atoms with Crippen LogP contribution < -0.4 is 0 Å². The van der Waals surface area contributed by atoms with Crippen molar-refractivity contribution in [2.75, 3.05) is 0 Å². The van der Waals surface area contributed by atoms with Crippen molar-refractivity contribution in [3.05, 3.63) is 89.0 Å². The van der Waals surface area contributed by atoms with Crippen molar-refractivity contribution < 1.29 is 17.6 Å². The largest absolute Gasteiger partial charge is 0.206 e. The maximum atomic E-state index is 15.2. The topological polar surface area (TPSA) is 0 Å². The van der Waals surface area contributed by atoms with Crippen LogP contribution in [0.2, 0.25) is 0 Å². The molecule has 3 aliphatic carbocycles. The Morgan fingerprint density at radius 1 is 0.639 bits per heavy atom. The molecule has 0 nitrogen and oxygen atoms in total. The van der Waals surface area contributed by atoms with Crippen molar-refractivity contribution in [1.82, 2.24) is 0 Å². The smallest absolute Gasteiger partial charge is 0.159 e. The first kappa shape index (κ1) is 25.3. The van der Waals surface area contributed by atoms with E-state index in [-0.39, 0.29) is 17.4 Å². The summed E-state index contributed by atoms with van der Waals surface area (Å²) in [5, 5.41) is 0. The molecule has 3 aliphatic rings. The first-order valence-electron chi connectivity index (χ1n) is 13.7. The lowest BCUT2D eigenvalue weighted by Gasteiger charge is -2.37. The second kappa shape index (κ2) is 10.9. The van der Waals surface area contributed by atoms with Gasteiger partial charge in [0.2, 0.25) is 0 Å². The van der Waals surface area contributed by atoms with E-state index in [4.69, 9.17) is 0 Å². The predicted molar refractivity (Wildman–Crippen MR) is 138 cm³/mol. The van der Waals surface area contributed by atoms with Crippen LogP contribution in [0.25, 0.3) is 5.57 Å². The molecule has 0 amide bonds. The van der Waals surface area contributed by atoms with Crippen LogP contribution in [0.4, 0.5) is 17.6 Å². The Kier molecular flexibility index (Phi) is 7.69. The molecule has 1 unspecified atom stereocenters. The predicted octanol–water partition coefficient (Wildman–Crippen LogP) is 9.86. The van der Waals surface area contributed by atoms with E-state index in [1.807, 2.05) is 6.08 Å². The monoisotopic (exact) mass is 496 g/mol. The molecule has 0 spiro atoms. The van der Waals surface area contributed by atoms with Crippen LogP contribution in [0, 0.1) is 41.0 Å². The molecule has 0 aromatic heterocycles. The minimum absolute atomic E-state index is 0.0243. The molecule has 5 rings (SSSR count). The number of rotatable bonds is 5. The van der Waals surface area contributed by atoms with Crippen molar-refractivity contribution in [1.29, 1.82) is 0 Å². The molecular weight excluding hydrogens is 460 g/mol. The van der Waals surface area contributed by atoms with Gasteiger partial charge >= 0.3 is 0 Å². The number of halogens is 4. The molecule has 192 valence electrons. The fourth-order valence-electron chi connectivity index (χ4n) is 7.04. The van der Waals surface area contributed by atoms with Crippen molar-refractivity contribution in [2.45, 2.75) is 82.5 Å². The number of hydrogen-bond acceptors (Lipinski definition) is 0. The second-order valence-corrected chi connectivity index (χ2v) is 11.3. The van der Waals surface area contributed by atoms with Crippen LogP contribution >= 0.6 is 0 Å². The van der Waals surface area contributed by atoms with Gasteiger partial charge in [-0.05, 0) is 141 Å². The Morgan fingerprint density at radius 3 is 1.81 bits per heavy atom. The van der Waals surface area contributed by atoms with E-state index in [2.05, 4.69) is 12.7 Å². The van der Waals surface area contributed by atoms with Gasteiger partial charge in [0.05, 0.1) is 0 Å². The first-order chi connectivity index (χ1) is 17.4. The first-order valence-corrected chi connectivity index (χ1v) is 13.7. The molecule has 4 heteroatoms. The highest BCUT2D eigenvalue weighted by molar-refractivity contribution is 5.68. The Balaban J connectivity index is 1.22. The summed E-state index contributed by atoms with van der Waals surface area (Å²) in [7, 11) is 0. The van der Waals surface area contributed by atoms with Gasteiger partial charge in [0.1, 0.15) is 11.6 Å². The third-order valence-electron chi connectivity index (χ3n) is 9.27. The summed E-state index contributed by atoms with van der Waals surface area (Å²) in [6.07, 6.45) is 15.1. The van der Waals surface area contributed by atoms with Gasteiger partial charge in [-0.1, -0.05) is 18.2 Å². The van der Waals surface area contributed by atoms with E-state index >= 15 is 8.78 Å². The number of hydrogen-bond donors (Lipinski definition) is 0. The minimum Gasteiger partial charge on any atom is -0.206 e. The molecule has 0 N–H and O–H groups in total. The van der Waals surface area contributed by atoms with Crippen LogP contribution in [0.15, 0.2) is 49.1 Å². The maximum Gasteiger partial charge on any atom is 0.159 e. The highest BCUT2D eigenvalue weighted by atomic mass is 19.2. The van der Waals surface area contributed by atoms with E-state index in [0.717, 1.165) is 54.7 Å². The van der Waals surface area contributed by atoms with Crippen LogP contribution in [0.5, 0.6) is 0 Å². The highest BCUT2D eigenvalue weighted by Gasteiger charge is 2.31. The summed E-state index contributed by atoms with van der Waals surface area (Å²) in [4.78, 5) is 0. The van der Waals surface area contributed by atoms with Gasteiger partial charge in [-0.25, -0.2) is 17.6 Å². The van der Waals surface area contributed by atoms with Crippen LogP contribution in [-0.4, -0.2) is 0 Å². The van der Waals surface area contributed by atoms with Gasteiger partial charge in [-0.2, -0.15) is 0 Å². The summed E-state index contributed by atoms with van der Waals surface area (Å²) in [6.45, 7) is 3.95. The third kappa shape index (κ3) is 5.33. The number of benzene rings is 2. The zero-order chi connectivity index (χ0) is 25.2. The minimum atomic E-state index is -0.862. The van der Waals surface area contributed by atoms with Gasteiger partial charge in [-0.3, -0.25) is 0 Å². The molecule has 0 saturated heterocycles. The van der Waals surface area contributed by atoms with Crippen molar-refractivity contribution >= 4 is 5.57 Å². The molecule has 0 heterocycles. The molecule has 2 aromatic carbocycles. The van der Waals surface area contributed by atoms with E-state index in [1.165, 1.54) is 31.7 Å². The molecular formula is C32H36F4. The molecule has 0 aliphatic heterocycles. The van der Waals surface area contributed by atoms with Crippen molar-refractivity contribution in [3.63, 3.8) is 0 Å². The van der Waals surface area contributed by atoms with Gasteiger partial charge in [0, 0.05) is 5.56 Å². The van der Waals surface area contributed by atoms with Crippen molar-refractivity contribution in [2.24, 2.45) is 17.8 Å². The van der Waals surface area contributed by atoms with E-state index in [9.17, 15) is 8.78 Å². The van der Waals surface area contributed by atoms with Gasteiger partial charge < -0.3 is 0 Å². The molecule has 36 heavy (non-hydrogen) atoms. The molecule has 2 fully saturated rings. The van der Waals surface area contributed by atoms with E-state index in [0.29, 0.717) is 30.8 Å². The summed E-state index contributed by atoms with van der Waals surface area (Å²) in [5.74, 6) is -0.207. The maximum absolute atomic E-state index is 15.2. The normalized spacial score (nSPS) is 29.0. The summed E-state index contributed by atoms with van der Waals surface area (Å²) < 4.78 is 57.3. The van der Waals surface area contributed by atoms with E-state index in [1.54, 1.807) is 18.2 Å². The summed E-state index contributed by atoms with van der Waals surface area (Å²) in [5.41, 5.74) is 2.27. The zero-order valence-corrected chi connectivity index (χ0v) is 20.9. The Morgan fingerprint density at radius 2 is 1.25 bits per heavy atom. The fourth-order valence-corrected chi connectivity index (χ4v) is 7.04. The quantitative estimate of drug-likeness (QED) is 0.285. The molecule has 1 atom stereocenters. The Labute approximate surface area is 212 Å². The van der Waals surface area contributed by atoms with Crippen LogP contribution in [0.3, 0.4) is 0 Å². The highest BCUT2D eigenvalue weighted by Crippen LogP contribution is 2.45. The zero-order valence-electron chi connectivity index (χ0n) is 20.9. The molecule has 0 bridgehead atoms. The van der Waals surface area contributed by atoms with E-state index < -0.39 is 23.3 Å². The van der Waals surface area contributed by atoms with Gasteiger partial charge in [0.25, 0.3) is 0 Å². The Hall–Kier alpha value is -2.36. The fraction of sp³-hybridized carbons (Fsp3) is 0.500. The lowest BCUT2D eigenvalue weighted by atomic mass is 9.68. The van der Waals surface area contributed by atoms with Gasteiger partial charge in [0.15, 0.2) is 11.6 Å². The average Bonchev–Trinajstić information content (AvgIpc) is 2.90. The summed E-state index contributed by atoms with van der Waals surface area (Å²) in [6, 6.07) is 7.08. The van der Waals surface area contributed by atoms with Gasteiger partial charge in [-0.15, -0.1) is 6.58 Å². The summed E-state index contributed by atoms with van der Waals surface area (Å²) >= 11 is 0. The molecule has 2 saturated carbocycles. The SMILES string of the molecule is C=CC1CCC(C2CCC(c3cc(F)c(C4=CCC(c5ccc(F)c(F)c5)CC4)c(F)c3)CC2)CC1. The Bertz CT molecular complexity index is 1090. The molecule has 2 aromatic rings. The lowest BCUT2D eigenvalue weighted by molar-refractivity contribution is 0.171. The average molecular weight is 497 g/mol. The lowest BCUT2D eigenvalue weighted by Crippen LogP contribution is -2.25. The van der Waals surface area contributed by atoms with Crippen LogP contribution in [-0.2, 0) is 0 Å². The third-order valence-corrected chi connectivity index (χ3v) is 9.27. The second-order valence-electron chi connectivity index (χ2n) is 11.3. The standard InChI is InChI=1S/C32H36F4/c1-2-20-3-5-21(6-4-20)22-7-9-24(10-8-22)27-18-30(35)32(31(36)19-27)25-13-11-23(12-14-25)26-15-16-28(33)29(34)17-26/h2,13,15-24H,1,3-12,14H2.